The predicted octanol–water partition coefficient (Wildman–Crippen LogP) is 15.0. The van der Waals surface area contributed by atoms with Crippen LogP contribution in [0, 0.1) is 33.1 Å². The van der Waals surface area contributed by atoms with Gasteiger partial charge >= 0.3 is 0 Å². The third-order valence-corrected chi connectivity index (χ3v) is 25.7. The fraction of sp³-hybridized carbons (Fsp3) is 0.231. The third-order valence-electron chi connectivity index (χ3n) is 25.7. The number of terminal acetylenes is 1. The summed E-state index contributed by atoms with van der Waals surface area (Å²) < 4.78 is 44.1. The second-order valence-electron chi connectivity index (χ2n) is 34.5. The number of nitrogens with one attached hydrogen (secondary N) is 6. The molecule has 12 aromatic heterocycles. The van der Waals surface area contributed by atoms with Crippen molar-refractivity contribution in [2.75, 3.05) is 7.11 Å². The van der Waals surface area contributed by atoms with Gasteiger partial charge in [-0.3, -0.25) is 89.4 Å². The van der Waals surface area contributed by atoms with Crippen LogP contribution >= 0.6 is 0 Å². The molecular weight excluding hydrogens is 1750 g/mol. The monoisotopic (exact) mass is 1830 g/mol. The number of benzene rings is 6. The lowest BCUT2D eigenvalue weighted by Crippen LogP contribution is -2.41. The van der Waals surface area contributed by atoms with Crippen molar-refractivity contribution >= 4 is 203 Å². The highest BCUT2D eigenvalue weighted by Gasteiger charge is 2.39. The minimum Gasteiger partial charge on any atom is -0.481 e. The molecule has 6 aliphatic rings. The third kappa shape index (κ3) is 16.9. The molecule has 0 aliphatic carbocycles. The number of halogens is 2. The van der Waals surface area contributed by atoms with Crippen LogP contribution in [0.15, 0.2) is 218 Å². The van der Waals surface area contributed by atoms with Gasteiger partial charge in [0.2, 0.25) is 76.8 Å². The van der Waals surface area contributed by atoms with Gasteiger partial charge in [-0.05, 0) is 162 Å². The van der Waals surface area contributed by atoms with Gasteiger partial charge in [0.25, 0.3) is 5.92 Å². The minimum atomic E-state index is -3.08. The Morgan fingerprint density at radius 3 is 0.752 bits per heavy atom. The smallest absolute Gasteiger partial charge is 0.287 e. The molecule has 33 heteroatoms. The van der Waals surface area contributed by atoms with Crippen molar-refractivity contribution in [3.05, 3.63) is 247 Å². The molecule has 12 amide bonds. The topological polar surface area (TPSA) is 393 Å². The Hall–Kier alpha value is -16.9. The van der Waals surface area contributed by atoms with E-state index in [9.17, 15) is 66.3 Å². The molecule has 18 aromatic rings. The van der Waals surface area contributed by atoms with Crippen LogP contribution in [0.1, 0.15) is 149 Å². The number of carbonyl (C=O) groups is 12. The molecule has 6 N–H and O–H groups in total. The summed E-state index contributed by atoms with van der Waals surface area (Å²) in [5.74, 6) is -3.20. The average molecular weight is 1840 g/mol. The zero-order valence-corrected chi connectivity index (χ0v) is 74.7. The number of methoxy groups -OCH3 is 1. The van der Waals surface area contributed by atoms with Crippen LogP contribution in [0.3, 0.4) is 0 Å². The summed E-state index contributed by atoms with van der Waals surface area (Å²) in [6.07, 6.45) is 10.1. The Labute approximate surface area is 777 Å². The maximum absolute atomic E-state index is 13.7. The van der Waals surface area contributed by atoms with E-state index in [0.717, 1.165) is 133 Å². The molecule has 6 aromatic carbocycles. The lowest BCUT2D eigenvalue weighted by atomic mass is 10.1. The maximum Gasteiger partial charge on any atom is 0.287 e. The van der Waals surface area contributed by atoms with Crippen molar-refractivity contribution in [1.29, 1.82) is 0 Å². The molecule has 6 saturated heterocycles. The van der Waals surface area contributed by atoms with E-state index in [1.807, 2.05) is 244 Å². The number of pyridine rings is 6. The Bertz CT molecular complexity index is 7840. The van der Waals surface area contributed by atoms with Gasteiger partial charge in [-0.1, -0.05) is 115 Å². The Balaban J connectivity index is 0.000000105. The van der Waals surface area contributed by atoms with Gasteiger partial charge in [0.15, 0.2) is 0 Å². The molecular formula is C104H88F2N18O13. The molecule has 0 radical (unpaired) electrons. The SMILES string of the molecule is C#Cc1ccc2c3ccccc3n(C3CCC(=O)NC3=O)c2n1.CC(F)(F)c1ccc2c3ccccc3n(C3CCC(=O)NC3=O)c2n1.COc1ccc2c3ccccc3n(C3CCC(=O)NC3=O)c2n1.Cc1ccc2c3ccccc3n(C3CCC(=O)NC3=O)c2n1.Cc1ccc2c3ccccc3n(C3CCC(=O)NC3=O)c2n1.Cc1ccc2c3ccccc3n(C3CCC(=O)NC3=O)c2n1. The molecule has 6 atom stereocenters. The summed E-state index contributed by atoms with van der Waals surface area (Å²) in [5.41, 5.74) is 12.5. The number of carbonyl (C=O) groups excluding carboxylic acids is 12. The second-order valence-corrected chi connectivity index (χ2v) is 34.5. The number of hydrogen-bond donors (Lipinski definition) is 6. The van der Waals surface area contributed by atoms with E-state index in [4.69, 9.17) is 11.2 Å². The highest BCUT2D eigenvalue weighted by atomic mass is 19.3. The molecule has 6 fully saturated rings. The highest BCUT2D eigenvalue weighted by Crippen LogP contribution is 2.42. The number of para-hydroxylation sites is 6. The highest BCUT2D eigenvalue weighted by molar-refractivity contribution is 6.15. The molecule has 0 bridgehead atoms. The first kappa shape index (κ1) is 89.3. The standard InChI is InChI=1S/C18H15F2N3O2.C18H13N3O2.C17H15N3O3.3C17H15N3O2/c1-18(19,20)14-8-6-11-10-4-2-3-5-12(10)23(16(11)21-14)13-7-9-15(24)22-17(13)25;1-2-11-7-8-13-12-5-3-4-6-14(12)21(17(13)19-11)15-9-10-16(22)20-18(15)23;1-23-15-9-6-11-10-4-2-3-5-12(10)20(16(11)19-15)13-7-8-14(21)18-17(13)22;3*1-10-6-7-12-11-4-2-3-5-13(11)20(16(12)18-10)14-8-9-15(21)19-17(14)22/h2-6,8,13H,7,9H2,1H3,(H,22,24,25);1,3-8,15H,9-10H2,(H,20,22,23);2-6,9,13H,7-8H2,1H3,(H,18,21,22);3*2-7,14H,8-9H2,1H3,(H,19,21,22). The van der Waals surface area contributed by atoms with Crippen LogP contribution in [0.2, 0.25) is 0 Å². The largest absolute Gasteiger partial charge is 0.481 e. The number of fused-ring (bicyclic) bond motifs is 18. The summed E-state index contributed by atoms with van der Waals surface area (Å²) in [5, 5.41) is 26.3. The molecule has 6 aliphatic heterocycles. The van der Waals surface area contributed by atoms with Crippen molar-refractivity contribution < 1.29 is 71.1 Å². The lowest BCUT2D eigenvalue weighted by Gasteiger charge is -2.23. The minimum absolute atomic E-state index is 0.202. The molecule has 18 heterocycles. The van der Waals surface area contributed by atoms with Gasteiger partial charge in [-0.2, -0.15) is 13.8 Å². The van der Waals surface area contributed by atoms with Gasteiger partial charge in [-0.25, -0.2) is 24.9 Å². The van der Waals surface area contributed by atoms with E-state index in [1.165, 1.54) is 6.07 Å². The summed E-state index contributed by atoms with van der Waals surface area (Å²) in [6.45, 7) is 6.60. The number of rotatable bonds is 8. The van der Waals surface area contributed by atoms with Gasteiger partial charge < -0.3 is 32.1 Å². The Kier molecular flexibility index (Phi) is 23.8. The van der Waals surface area contributed by atoms with Crippen LogP contribution in [0.4, 0.5) is 8.78 Å². The number of alkyl halides is 2. The normalized spacial score (nSPS) is 18.6. The van der Waals surface area contributed by atoms with Crippen LogP contribution in [0.25, 0.3) is 132 Å². The van der Waals surface area contributed by atoms with E-state index in [-0.39, 0.29) is 77.1 Å². The zero-order chi connectivity index (χ0) is 95.5. The fourth-order valence-electron chi connectivity index (χ4n) is 19.4. The van der Waals surface area contributed by atoms with Crippen molar-refractivity contribution in [1.82, 2.24) is 89.2 Å². The molecule has 686 valence electrons. The number of piperidine rings is 6. The first-order chi connectivity index (χ1) is 66.2. The Morgan fingerprint density at radius 1 is 0.292 bits per heavy atom. The van der Waals surface area contributed by atoms with E-state index in [0.29, 0.717) is 105 Å². The second kappa shape index (κ2) is 36.6. The van der Waals surface area contributed by atoms with E-state index in [2.05, 4.69) is 67.7 Å². The lowest BCUT2D eigenvalue weighted by molar-refractivity contribution is -0.137. The number of aryl methyl sites for hydroxylation is 3. The van der Waals surface area contributed by atoms with E-state index in [1.54, 1.807) is 23.8 Å². The van der Waals surface area contributed by atoms with Crippen LogP contribution in [-0.2, 0) is 63.5 Å². The van der Waals surface area contributed by atoms with Crippen LogP contribution in [0.5, 0.6) is 5.88 Å². The number of amides is 12. The summed E-state index contributed by atoms with van der Waals surface area (Å²) in [7, 11) is 1.56. The number of ether oxygens (including phenoxy) is 1. The van der Waals surface area contributed by atoms with Gasteiger partial charge in [0, 0.05) is 133 Å². The number of hydrogen-bond acceptors (Lipinski definition) is 19. The van der Waals surface area contributed by atoms with Crippen molar-refractivity contribution in [2.24, 2.45) is 0 Å². The Morgan fingerprint density at radius 2 is 0.511 bits per heavy atom. The van der Waals surface area contributed by atoms with Crippen molar-refractivity contribution in [3.8, 4) is 18.2 Å². The van der Waals surface area contributed by atoms with Crippen LogP contribution in [-0.4, -0.2) is 135 Å². The van der Waals surface area contributed by atoms with Gasteiger partial charge in [0.05, 0.1) is 40.2 Å². The van der Waals surface area contributed by atoms with Crippen molar-refractivity contribution in [2.45, 2.75) is 147 Å². The fourth-order valence-corrected chi connectivity index (χ4v) is 19.4. The molecule has 137 heavy (non-hydrogen) atoms. The van der Waals surface area contributed by atoms with Crippen LogP contribution < -0.4 is 36.6 Å². The van der Waals surface area contributed by atoms with E-state index >= 15 is 0 Å². The first-order valence-corrected chi connectivity index (χ1v) is 44.9. The first-order valence-electron chi connectivity index (χ1n) is 44.9. The molecule has 24 rings (SSSR count). The summed E-state index contributed by atoms with van der Waals surface area (Å²) >= 11 is 0. The summed E-state index contributed by atoms with van der Waals surface area (Å²) in [4.78, 5) is 170. The van der Waals surface area contributed by atoms with Gasteiger partial charge in [-0.15, -0.1) is 6.42 Å². The van der Waals surface area contributed by atoms with Crippen molar-refractivity contribution in [3.63, 3.8) is 0 Å². The molecule has 0 spiro atoms. The molecule has 0 saturated carbocycles. The summed E-state index contributed by atoms with van der Waals surface area (Å²) in [6, 6.07) is 66.7. The zero-order valence-electron chi connectivity index (χ0n) is 74.7. The maximum atomic E-state index is 13.7. The average Bonchev–Trinajstić information content (AvgIpc) is 1.63. The quantitative estimate of drug-likeness (QED) is 0.0608. The van der Waals surface area contributed by atoms with Gasteiger partial charge in [0.1, 0.15) is 81.5 Å². The number of imide groups is 6. The predicted molar refractivity (Wildman–Crippen MR) is 510 cm³/mol. The number of nitrogens with zero attached hydrogens (tertiary/aromatic N) is 12. The van der Waals surface area contributed by atoms with E-state index < -0.39 is 48.1 Å². The number of aromatic nitrogens is 12. The molecule has 31 nitrogen and oxygen atoms in total. The molecule has 6 unspecified atom stereocenters.